The molecular formula is C24H31N3O. The fourth-order valence-corrected chi connectivity index (χ4v) is 4.52. The normalized spacial score (nSPS) is 19.9. The number of carbonyl (C=O) groups excluding carboxylic acids is 1. The van der Waals surface area contributed by atoms with E-state index in [4.69, 9.17) is 0 Å². The lowest BCUT2D eigenvalue weighted by atomic mass is 10.0. The van der Waals surface area contributed by atoms with Crippen LogP contribution in [0.1, 0.15) is 48.4 Å². The molecule has 2 aromatic carbocycles. The van der Waals surface area contributed by atoms with Crippen molar-refractivity contribution in [2.24, 2.45) is 0 Å². The summed E-state index contributed by atoms with van der Waals surface area (Å²) < 4.78 is 0. The maximum absolute atomic E-state index is 12.7. The third kappa shape index (κ3) is 4.22. The van der Waals surface area contributed by atoms with Gasteiger partial charge in [-0.3, -0.25) is 9.69 Å². The van der Waals surface area contributed by atoms with Gasteiger partial charge in [0, 0.05) is 30.5 Å². The van der Waals surface area contributed by atoms with Gasteiger partial charge in [-0.05, 0) is 75.4 Å². The topological polar surface area (TPSA) is 35.6 Å². The first-order valence-electron chi connectivity index (χ1n) is 10.6. The Hall–Kier alpha value is -2.33. The molecule has 4 nitrogen and oxygen atoms in total. The number of anilines is 2. The van der Waals surface area contributed by atoms with Crippen LogP contribution in [-0.4, -0.2) is 37.0 Å². The summed E-state index contributed by atoms with van der Waals surface area (Å²) in [5.74, 6) is 0.0797. The fraction of sp³-hybridized carbons (Fsp3) is 0.458. The van der Waals surface area contributed by atoms with Gasteiger partial charge in [0.25, 0.3) is 0 Å². The molecule has 4 heteroatoms. The smallest absolute Gasteiger partial charge is 0.238 e. The Kier molecular flexibility index (Phi) is 5.67. The van der Waals surface area contributed by atoms with Crippen LogP contribution in [-0.2, 0) is 4.79 Å². The first kappa shape index (κ1) is 19.0. The molecular weight excluding hydrogens is 346 g/mol. The number of hydrogen-bond donors (Lipinski definition) is 1. The highest BCUT2D eigenvalue weighted by Crippen LogP contribution is 2.32. The standard InChI is InChI=1S/C24H31N3O/c1-18-7-9-20(10-8-18)23-6-5-15-27(23)17-24(28)25-22-12-11-21(16-19(22)2)26-13-3-4-14-26/h7-12,16,23H,3-6,13-15,17H2,1-2H3,(H,25,28). The summed E-state index contributed by atoms with van der Waals surface area (Å²) in [6, 6.07) is 15.5. The molecule has 0 aliphatic carbocycles. The Balaban J connectivity index is 1.39. The minimum absolute atomic E-state index is 0.0797. The predicted molar refractivity (Wildman–Crippen MR) is 116 cm³/mol. The second-order valence-electron chi connectivity index (χ2n) is 8.28. The van der Waals surface area contributed by atoms with E-state index in [0.29, 0.717) is 12.6 Å². The van der Waals surface area contributed by atoms with Gasteiger partial charge in [-0.15, -0.1) is 0 Å². The van der Waals surface area contributed by atoms with E-state index in [2.05, 4.69) is 71.4 Å². The molecule has 1 atom stereocenters. The van der Waals surface area contributed by atoms with Crippen LogP contribution in [0.25, 0.3) is 0 Å². The molecule has 28 heavy (non-hydrogen) atoms. The lowest BCUT2D eigenvalue weighted by Crippen LogP contribution is -2.33. The van der Waals surface area contributed by atoms with Gasteiger partial charge in [0.1, 0.15) is 0 Å². The zero-order valence-corrected chi connectivity index (χ0v) is 17.1. The molecule has 2 aliphatic heterocycles. The molecule has 0 saturated carbocycles. The summed E-state index contributed by atoms with van der Waals surface area (Å²) in [5, 5.41) is 3.14. The van der Waals surface area contributed by atoms with E-state index in [1.807, 2.05) is 0 Å². The van der Waals surface area contributed by atoms with E-state index in [-0.39, 0.29) is 5.91 Å². The third-order valence-corrected chi connectivity index (χ3v) is 6.13. The van der Waals surface area contributed by atoms with Crippen LogP contribution in [0.4, 0.5) is 11.4 Å². The van der Waals surface area contributed by atoms with Crippen molar-refractivity contribution in [2.75, 3.05) is 36.4 Å². The van der Waals surface area contributed by atoms with Crippen LogP contribution in [0.15, 0.2) is 42.5 Å². The second-order valence-corrected chi connectivity index (χ2v) is 8.28. The van der Waals surface area contributed by atoms with Crippen molar-refractivity contribution in [2.45, 2.75) is 45.6 Å². The molecule has 1 unspecified atom stereocenters. The van der Waals surface area contributed by atoms with Gasteiger partial charge in [0.05, 0.1) is 6.54 Å². The number of carbonyl (C=O) groups is 1. The average molecular weight is 378 g/mol. The molecule has 0 aromatic heterocycles. The van der Waals surface area contributed by atoms with Crippen LogP contribution < -0.4 is 10.2 Å². The lowest BCUT2D eigenvalue weighted by Gasteiger charge is -2.25. The number of rotatable bonds is 5. The highest BCUT2D eigenvalue weighted by Gasteiger charge is 2.27. The number of hydrogen-bond acceptors (Lipinski definition) is 3. The lowest BCUT2D eigenvalue weighted by molar-refractivity contribution is -0.117. The first-order valence-corrected chi connectivity index (χ1v) is 10.6. The van der Waals surface area contributed by atoms with E-state index in [9.17, 15) is 4.79 Å². The largest absolute Gasteiger partial charge is 0.372 e. The van der Waals surface area contributed by atoms with Crippen molar-refractivity contribution < 1.29 is 4.79 Å². The van der Waals surface area contributed by atoms with Crippen molar-refractivity contribution in [1.29, 1.82) is 0 Å². The number of nitrogens with one attached hydrogen (secondary N) is 1. The summed E-state index contributed by atoms with van der Waals surface area (Å²) in [4.78, 5) is 17.5. The molecule has 0 bridgehead atoms. The van der Waals surface area contributed by atoms with Crippen LogP contribution in [0, 0.1) is 13.8 Å². The summed E-state index contributed by atoms with van der Waals surface area (Å²) in [6.07, 6.45) is 4.82. The van der Waals surface area contributed by atoms with Gasteiger partial charge in [-0.2, -0.15) is 0 Å². The van der Waals surface area contributed by atoms with Crippen molar-refractivity contribution in [3.05, 3.63) is 59.2 Å². The van der Waals surface area contributed by atoms with Gasteiger partial charge >= 0.3 is 0 Å². The van der Waals surface area contributed by atoms with Crippen LogP contribution in [0.5, 0.6) is 0 Å². The highest BCUT2D eigenvalue weighted by molar-refractivity contribution is 5.93. The van der Waals surface area contributed by atoms with Crippen molar-refractivity contribution in [3.8, 4) is 0 Å². The van der Waals surface area contributed by atoms with Crippen molar-refractivity contribution in [3.63, 3.8) is 0 Å². The predicted octanol–water partition coefficient (Wildman–Crippen LogP) is 4.68. The minimum Gasteiger partial charge on any atom is -0.372 e. The summed E-state index contributed by atoms with van der Waals surface area (Å²) in [7, 11) is 0. The van der Waals surface area contributed by atoms with Gasteiger partial charge in [0.15, 0.2) is 0 Å². The Labute approximate surface area is 168 Å². The summed E-state index contributed by atoms with van der Waals surface area (Å²) in [5.41, 5.74) is 5.93. The van der Waals surface area contributed by atoms with E-state index in [0.717, 1.165) is 43.7 Å². The Morgan fingerprint density at radius 1 is 1.00 bits per heavy atom. The van der Waals surface area contributed by atoms with Gasteiger partial charge in [-0.1, -0.05) is 29.8 Å². The number of nitrogens with zero attached hydrogens (tertiary/aromatic N) is 2. The minimum atomic E-state index is 0.0797. The number of likely N-dealkylation sites (tertiary alicyclic amines) is 1. The molecule has 148 valence electrons. The van der Waals surface area contributed by atoms with Crippen LogP contribution in [0.2, 0.25) is 0 Å². The van der Waals surface area contributed by atoms with Crippen molar-refractivity contribution >= 4 is 17.3 Å². The van der Waals surface area contributed by atoms with E-state index in [1.54, 1.807) is 0 Å². The summed E-state index contributed by atoms with van der Waals surface area (Å²) in [6.45, 7) is 7.91. The maximum Gasteiger partial charge on any atom is 0.238 e. The van der Waals surface area contributed by atoms with Gasteiger partial charge in [0.2, 0.25) is 5.91 Å². The number of amides is 1. The van der Waals surface area contributed by atoms with E-state index < -0.39 is 0 Å². The average Bonchev–Trinajstić information content (AvgIpc) is 3.36. The monoisotopic (exact) mass is 377 g/mol. The Morgan fingerprint density at radius 2 is 1.75 bits per heavy atom. The molecule has 2 aromatic rings. The van der Waals surface area contributed by atoms with E-state index in [1.165, 1.54) is 29.7 Å². The van der Waals surface area contributed by atoms with Gasteiger partial charge in [-0.25, -0.2) is 0 Å². The Bertz CT molecular complexity index is 824. The molecule has 0 spiro atoms. The molecule has 4 rings (SSSR count). The Morgan fingerprint density at radius 3 is 2.46 bits per heavy atom. The third-order valence-electron chi connectivity index (χ3n) is 6.13. The highest BCUT2D eigenvalue weighted by atomic mass is 16.2. The van der Waals surface area contributed by atoms with Crippen LogP contribution >= 0.6 is 0 Å². The number of aryl methyl sites for hydroxylation is 2. The molecule has 0 radical (unpaired) electrons. The quantitative estimate of drug-likeness (QED) is 0.822. The molecule has 2 fully saturated rings. The van der Waals surface area contributed by atoms with Crippen molar-refractivity contribution in [1.82, 2.24) is 4.90 Å². The molecule has 1 amide bonds. The SMILES string of the molecule is Cc1ccc(C2CCCN2CC(=O)Nc2ccc(N3CCCC3)cc2C)cc1. The zero-order chi connectivity index (χ0) is 19.5. The van der Waals surface area contributed by atoms with E-state index >= 15 is 0 Å². The molecule has 2 heterocycles. The second kappa shape index (κ2) is 8.36. The maximum atomic E-state index is 12.7. The van der Waals surface area contributed by atoms with Crippen LogP contribution in [0.3, 0.4) is 0 Å². The fourth-order valence-electron chi connectivity index (χ4n) is 4.52. The summed E-state index contributed by atoms with van der Waals surface area (Å²) >= 11 is 0. The molecule has 2 saturated heterocycles. The molecule has 1 N–H and O–H groups in total. The molecule has 2 aliphatic rings. The zero-order valence-electron chi connectivity index (χ0n) is 17.1. The first-order chi connectivity index (χ1) is 13.6. The van der Waals surface area contributed by atoms with Gasteiger partial charge < -0.3 is 10.2 Å². The number of benzene rings is 2.